The van der Waals surface area contributed by atoms with E-state index in [0.29, 0.717) is 35.7 Å². The summed E-state index contributed by atoms with van der Waals surface area (Å²) in [6.45, 7) is 7.68. The average Bonchev–Trinajstić information content (AvgIpc) is 3.04. The van der Waals surface area contributed by atoms with Crippen LogP contribution >= 0.6 is 0 Å². The molecule has 1 aromatic carbocycles. The quantitative estimate of drug-likeness (QED) is 0.583. The Bertz CT molecular complexity index is 1130. The van der Waals surface area contributed by atoms with Crippen LogP contribution in [0.2, 0.25) is 0 Å². The van der Waals surface area contributed by atoms with Gasteiger partial charge in [0, 0.05) is 24.2 Å². The Morgan fingerprint density at radius 2 is 1.87 bits per heavy atom. The minimum absolute atomic E-state index is 0.0465. The number of nitrogens with two attached hydrogens (primary N) is 1. The molecule has 4 N–H and O–H groups in total. The number of hydrogen-bond donors (Lipinski definition) is 3. The Balaban J connectivity index is 1.86. The number of hydrogen-bond acceptors (Lipinski definition) is 7. The van der Waals surface area contributed by atoms with E-state index in [1.165, 1.54) is 0 Å². The molecule has 2 aromatic heterocycles. The highest BCUT2D eigenvalue weighted by molar-refractivity contribution is 5.92. The highest BCUT2D eigenvalue weighted by Gasteiger charge is 2.32. The standard InChI is InChI=1S/C22H28N6O3/c1-22(2,3)17-18(14-6-4-5-7-15(14)29)24-25-19-20(17)28(26-21(19)23)13-8-10-27(11-9-13)12-16(30)31/h4-7,13,29H,8-12H2,1-3H3,(H2,23,26)(H,30,31). The molecular formula is C22H28N6O3. The minimum atomic E-state index is -0.815. The molecule has 1 saturated heterocycles. The van der Waals surface area contributed by atoms with Crippen molar-refractivity contribution in [3.8, 4) is 17.0 Å². The lowest BCUT2D eigenvalue weighted by Crippen LogP contribution is -2.38. The summed E-state index contributed by atoms with van der Waals surface area (Å²) in [4.78, 5) is 13.0. The molecule has 3 heterocycles. The van der Waals surface area contributed by atoms with Gasteiger partial charge in [0.2, 0.25) is 0 Å². The highest BCUT2D eigenvalue weighted by Crippen LogP contribution is 2.41. The molecule has 0 bridgehead atoms. The number of phenols is 1. The molecule has 0 radical (unpaired) electrons. The molecule has 0 unspecified atom stereocenters. The first kappa shape index (κ1) is 21.0. The number of carboxylic acids is 1. The second-order valence-electron chi connectivity index (χ2n) is 9.12. The molecule has 0 amide bonds. The lowest BCUT2D eigenvalue weighted by molar-refractivity contribution is -0.138. The summed E-state index contributed by atoms with van der Waals surface area (Å²) in [6, 6.07) is 7.17. The van der Waals surface area contributed by atoms with Crippen molar-refractivity contribution in [1.82, 2.24) is 24.9 Å². The van der Waals surface area contributed by atoms with Gasteiger partial charge in [0.1, 0.15) is 11.4 Å². The van der Waals surface area contributed by atoms with Crippen molar-refractivity contribution in [2.24, 2.45) is 0 Å². The molecule has 0 saturated carbocycles. The summed E-state index contributed by atoms with van der Waals surface area (Å²) in [5.41, 5.74) is 9.45. The predicted molar refractivity (Wildman–Crippen MR) is 118 cm³/mol. The fraction of sp³-hybridized carbons (Fsp3) is 0.455. The highest BCUT2D eigenvalue weighted by atomic mass is 16.4. The van der Waals surface area contributed by atoms with E-state index in [0.717, 1.165) is 23.9 Å². The van der Waals surface area contributed by atoms with E-state index in [1.54, 1.807) is 12.1 Å². The third kappa shape index (κ3) is 3.93. The molecule has 9 nitrogen and oxygen atoms in total. The number of benzene rings is 1. The van der Waals surface area contributed by atoms with Gasteiger partial charge in [0.25, 0.3) is 0 Å². The van der Waals surface area contributed by atoms with E-state index in [9.17, 15) is 9.90 Å². The van der Waals surface area contributed by atoms with Crippen molar-refractivity contribution >= 4 is 22.8 Å². The van der Waals surface area contributed by atoms with Crippen molar-refractivity contribution in [3.05, 3.63) is 29.8 Å². The van der Waals surface area contributed by atoms with E-state index in [-0.39, 0.29) is 23.8 Å². The number of anilines is 1. The van der Waals surface area contributed by atoms with Crippen molar-refractivity contribution < 1.29 is 15.0 Å². The van der Waals surface area contributed by atoms with Crippen LogP contribution < -0.4 is 5.73 Å². The fourth-order valence-corrected chi connectivity index (χ4v) is 4.39. The van der Waals surface area contributed by atoms with E-state index in [1.807, 2.05) is 21.7 Å². The Morgan fingerprint density at radius 3 is 2.48 bits per heavy atom. The van der Waals surface area contributed by atoms with Gasteiger partial charge in [-0.2, -0.15) is 5.10 Å². The first-order chi connectivity index (χ1) is 14.7. The number of para-hydroxylation sites is 1. The third-order valence-electron chi connectivity index (χ3n) is 5.81. The number of nitrogens with zero attached hydrogens (tertiary/aromatic N) is 5. The first-order valence-corrected chi connectivity index (χ1v) is 10.4. The number of aliphatic carboxylic acids is 1. The zero-order valence-corrected chi connectivity index (χ0v) is 18.0. The van der Waals surface area contributed by atoms with Gasteiger partial charge >= 0.3 is 5.97 Å². The molecule has 0 spiro atoms. The van der Waals surface area contributed by atoms with Crippen LogP contribution in [-0.2, 0) is 10.2 Å². The van der Waals surface area contributed by atoms with Crippen LogP contribution in [0, 0.1) is 0 Å². The maximum absolute atomic E-state index is 11.0. The molecule has 164 valence electrons. The third-order valence-corrected chi connectivity index (χ3v) is 5.81. The number of fused-ring (bicyclic) bond motifs is 1. The summed E-state index contributed by atoms with van der Waals surface area (Å²) >= 11 is 0. The number of carbonyl (C=O) groups is 1. The molecule has 1 fully saturated rings. The van der Waals surface area contributed by atoms with Crippen LogP contribution in [0.25, 0.3) is 22.3 Å². The number of piperidine rings is 1. The average molecular weight is 425 g/mol. The summed E-state index contributed by atoms with van der Waals surface area (Å²) < 4.78 is 1.95. The number of aromatic nitrogens is 4. The minimum Gasteiger partial charge on any atom is -0.507 e. The Kier molecular flexibility index (Phi) is 5.30. The van der Waals surface area contributed by atoms with Crippen molar-refractivity contribution in [1.29, 1.82) is 0 Å². The second kappa shape index (κ2) is 7.81. The number of aromatic hydroxyl groups is 1. The van der Waals surface area contributed by atoms with Gasteiger partial charge in [-0.1, -0.05) is 32.9 Å². The van der Waals surface area contributed by atoms with Gasteiger partial charge < -0.3 is 15.9 Å². The first-order valence-electron chi connectivity index (χ1n) is 10.4. The van der Waals surface area contributed by atoms with Gasteiger partial charge in [-0.3, -0.25) is 14.4 Å². The van der Waals surface area contributed by atoms with Crippen LogP contribution in [0.3, 0.4) is 0 Å². The van der Waals surface area contributed by atoms with Gasteiger partial charge in [0.15, 0.2) is 11.3 Å². The molecule has 9 heteroatoms. The van der Waals surface area contributed by atoms with Crippen LogP contribution in [0.4, 0.5) is 5.82 Å². The van der Waals surface area contributed by atoms with E-state index in [2.05, 4.69) is 36.1 Å². The van der Waals surface area contributed by atoms with Gasteiger partial charge in [-0.15, -0.1) is 10.2 Å². The summed E-state index contributed by atoms with van der Waals surface area (Å²) in [5, 5.41) is 33.0. The van der Waals surface area contributed by atoms with Crippen LogP contribution in [-0.4, -0.2) is 60.7 Å². The number of rotatable bonds is 4. The number of likely N-dealkylation sites (tertiary alicyclic amines) is 1. The van der Waals surface area contributed by atoms with Gasteiger partial charge in [0.05, 0.1) is 18.1 Å². The van der Waals surface area contributed by atoms with E-state index >= 15 is 0 Å². The molecule has 3 aromatic rings. The molecule has 1 aliphatic rings. The van der Waals surface area contributed by atoms with Crippen LogP contribution in [0.1, 0.15) is 45.2 Å². The normalized spacial score (nSPS) is 16.1. The van der Waals surface area contributed by atoms with Crippen molar-refractivity contribution in [2.75, 3.05) is 25.4 Å². The molecule has 0 atom stereocenters. The lowest BCUT2D eigenvalue weighted by atomic mass is 9.83. The van der Waals surface area contributed by atoms with Crippen molar-refractivity contribution in [3.63, 3.8) is 0 Å². The number of nitrogen functional groups attached to an aromatic ring is 1. The zero-order chi connectivity index (χ0) is 22.3. The maximum atomic E-state index is 11.0. The zero-order valence-electron chi connectivity index (χ0n) is 18.0. The number of carboxylic acid groups (broad SMARTS) is 1. The molecule has 4 rings (SSSR count). The largest absolute Gasteiger partial charge is 0.507 e. The fourth-order valence-electron chi connectivity index (χ4n) is 4.39. The molecule has 0 aliphatic carbocycles. The van der Waals surface area contributed by atoms with Crippen molar-refractivity contribution in [2.45, 2.75) is 45.1 Å². The Hall–Kier alpha value is -3.20. The Morgan fingerprint density at radius 1 is 1.19 bits per heavy atom. The second-order valence-corrected chi connectivity index (χ2v) is 9.12. The molecule has 1 aliphatic heterocycles. The smallest absolute Gasteiger partial charge is 0.317 e. The Labute approximate surface area is 180 Å². The topological polar surface area (TPSA) is 130 Å². The van der Waals surface area contributed by atoms with E-state index in [4.69, 9.17) is 10.8 Å². The summed E-state index contributed by atoms with van der Waals surface area (Å²) in [7, 11) is 0. The van der Waals surface area contributed by atoms with Gasteiger partial charge in [-0.05, 0) is 30.4 Å². The molecule has 31 heavy (non-hydrogen) atoms. The van der Waals surface area contributed by atoms with Crippen LogP contribution in [0.5, 0.6) is 5.75 Å². The van der Waals surface area contributed by atoms with E-state index < -0.39 is 5.97 Å². The summed E-state index contributed by atoms with van der Waals surface area (Å²) in [6.07, 6.45) is 1.53. The SMILES string of the molecule is CC(C)(C)c1c(-c2ccccc2O)nnc2c(N)nn(C3CCN(CC(=O)O)CC3)c12. The molecular weight excluding hydrogens is 396 g/mol. The van der Waals surface area contributed by atoms with Gasteiger partial charge in [-0.25, -0.2) is 0 Å². The maximum Gasteiger partial charge on any atom is 0.317 e. The summed E-state index contributed by atoms with van der Waals surface area (Å²) in [5.74, 6) is -0.350. The predicted octanol–water partition coefficient (Wildman–Crippen LogP) is 2.80. The number of phenolic OH excluding ortho intramolecular Hbond substituents is 1. The lowest BCUT2D eigenvalue weighted by Gasteiger charge is -2.32. The monoisotopic (exact) mass is 424 g/mol. The van der Waals surface area contributed by atoms with Crippen LogP contribution in [0.15, 0.2) is 24.3 Å².